The topological polar surface area (TPSA) is 77.8 Å². The Morgan fingerprint density at radius 3 is 2.46 bits per heavy atom. The third kappa shape index (κ3) is 6.38. The van der Waals surface area contributed by atoms with Gasteiger partial charge in [-0.2, -0.15) is 0 Å². The molecule has 2 N–H and O–H groups in total. The second-order valence-corrected chi connectivity index (χ2v) is 7.49. The van der Waals surface area contributed by atoms with Crippen molar-refractivity contribution < 1.29 is 14.0 Å². The molecule has 148 valence electrons. The smallest absolute Gasteiger partial charge is 0.262 e. The SMILES string of the molecule is O=C(/C=C/c1ccc(I)o1)NNC(=O)CCN1CCN(c2ccccc2)CC1. The fourth-order valence-corrected chi connectivity index (χ4v) is 3.37. The number of hydrogen-bond acceptors (Lipinski definition) is 5. The van der Waals surface area contributed by atoms with E-state index in [4.69, 9.17) is 4.42 Å². The summed E-state index contributed by atoms with van der Waals surface area (Å²) in [4.78, 5) is 28.3. The zero-order chi connectivity index (χ0) is 19.8. The standard InChI is InChI=1S/C20H23IN4O3/c21-18-8-6-17(28-18)7-9-19(26)22-23-20(27)10-11-24-12-14-25(15-13-24)16-4-2-1-3-5-16/h1-9H,10-15H2,(H,22,26)(H,23,27)/b9-7+. The van der Waals surface area contributed by atoms with Crippen molar-refractivity contribution in [3.8, 4) is 0 Å². The lowest BCUT2D eigenvalue weighted by Crippen LogP contribution is -2.48. The van der Waals surface area contributed by atoms with Crippen LogP contribution in [0, 0.1) is 3.77 Å². The molecule has 1 saturated heterocycles. The van der Waals surface area contributed by atoms with Crippen LogP contribution in [-0.4, -0.2) is 49.4 Å². The van der Waals surface area contributed by atoms with Gasteiger partial charge in [0, 0.05) is 50.9 Å². The Hall–Kier alpha value is -2.33. The number of hydrogen-bond donors (Lipinski definition) is 2. The largest absolute Gasteiger partial charge is 0.451 e. The number of carbonyl (C=O) groups is 2. The molecular weight excluding hydrogens is 471 g/mol. The first-order valence-electron chi connectivity index (χ1n) is 9.15. The van der Waals surface area contributed by atoms with Crippen LogP contribution in [-0.2, 0) is 9.59 Å². The van der Waals surface area contributed by atoms with E-state index in [1.165, 1.54) is 11.8 Å². The number of anilines is 1. The molecule has 8 heteroatoms. The zero-order valence-electron chi connectivity index (χ0n) is 15.4. The summed E-state index contributed by atoms with van der Waals surface area (Å²) in [6.45, 7) is 4.39. The van der Waals surface area contributed by atoms with Gasteiger partial charge in [-0.05, 0) is 52.9 Å². The van der Waals surface area contributed by atoms with Crippen molar-refractivity contribution in [2.45, 2.75) is 6.42 Å². The average molecular weight is 494 g/mol. The van der Waals surface area contributed by atoms with Crippen molar-refractivity contribution in [1.82, 2.24) is 15.8 Å². The molecule has 0 radical (unpaired) electrons. The summed E-state index contributed by atoms with van der Waals surface area (Å²) in [6, 6.07) is 13.9. The molecule has 2 aromatic rings. The second-order valence-electron chi connectivity index (χ2n) is 6.43. The molecule has 3 rings (SSSR count). The number of nitrogens with one attached hydrogen (secondary N) is 2. The number of para-hydroxylation sites is 1. The van der Waals surface area contributed by atoms with Gasteiger partial charge in [0.1, 0.15) is 5.76 Å². The van der Waals surface area contributed by atoms with Crippen LogP contribution in [0.3, 0.4) is 0 Å². The number of amides is 2. The van der Waals surface area contributed by atoms with Gasteiger partial charge in [0.25, 0.3) is 5.91 Å². The molecule has 0 spiro atoms. The van der Waals surface area contributed by atoms with Gasteiger partial charge in [-0.1, -0.05) is 18.2 Å². The van der Waals surface area contributed by atoms with Gasteiger partial charge >= 0.3 is 0 Å². The maximum Gasteiger partial charge on any atom is 0.262 e. The van der Waals surface area contributed by atoms with Crippen LogP contribution in [0.25, 0.3) is 6.08 Å². The summed E-state index contributed by atoms with van der Waals surface area (Å²) in [6.07, 6.45) is 3.21. The number of nitrogens with zero attached hydrogens (tertiary/aromatic N) is 2. The number of rotatable bonds is 6. The van der Waals surface area contributed by atoms with E-state index in [-0.39, 0.29) is 5.91 Å². The minimum Gasteiger partial charge on any atom is -0.451 e. The molecule has 0 saturated carbocycles. The lowest BCUT2D eigenvalue weighted by molar-refractivity contribution is -0.127. The molecule has 2 amide bonds. The lowest BCUT2D eigenvalue weighted by atomic mass is 10.2. The number of piperazine rings is 1. The Balaban J connectivity index is 1.31. The van der Waals surface area contributed by atoms with Crippen molar-refractivity contribution in [2.75, 3.05) is 37.6 Å². The average Bonchev–Trinajstić information content (AvgIpc) is 3.15. The first kappa shape index (κ1) is 20.4. The van der Waals surface area contributed by atoms with E-state index in [2.05, 4.69) is 32.8 Å². The summed E-state index contributed by atoms with van der Waals surface area (Å²) in [5.74, 6) is -0.0310. The third-order valence-electron chi connectivity index (χ3n) is 4.47. The summed E-state index contributed by atoms with van der Waals surface area (Å²) >= 11 is 2.05. The first-order valence-corrected chi connectivity index (χ1v) is 10.2. The van der Waals surface area contributed by atoms with Crippen LogP contribution in [0.1, 0.15) is 12.2 Å². The quantitative estimate of drug-likeness (QED) is 0.366. The Bertz CT molecular complexity index is 814. The minimum absolute atomic E-state index is 0.209. The molecule has 0 bridgehead atoms. The third-order valence-corrected chi connectivity index (χ3v) is 5.05. The first-order chi connectivity index (χ1) is 13.6. The van der Waals surface area contributed by atoms with E-state index in [9.17, 15) is 9.59 Å². The van der Waals surface area contributed by atoms with Gasteiger partial charge in [0.2, 0.25) is 5.91 Å². The highest BCUT2D eigenvalue weighted by atomic mass is 127. The van der Waals surface area contributed by atoms with Gasteiger partial charge in [-0.25, -0.2) is 0 Å². The highest BCUT2D eigenvalue weighted by molar-refractivity contribution is 14.1. The number of furan rings is 1. The lowest BCUT2D eigenvalue weighted by Gasteiger charge is -2.36. The number of benzene rings is 1. The summed E-state index contributed by atoms with van der Waals surface area (Å²) < 4.78 is 6.07. The van der Waals surface area contributed by atoms with Gasteiger partial charge in [-0.15, -0.1) is 0 Å². The second kappa shape index (κ2) is 10.3. The van der Waals surface area contributed by atoms with E-state index < -0.39 is 5.91 Å². The van der Waals surface area contributed by atoms with Crippen LogP contribution in [0.15, 0.2) is 53.0 Å². The molecule has 0 atom stereocenters. The normalized spacial score (nSPS) is 15.0. The molecule has 0 aliphatic carbocycles. The molecule has 7 nitrogen and oxygen atoms in total. The number of halogens is 1. The fourth-order valence-electron chi connectivity index (χ4n) is 2.94. The van der Waals surface area contributed by atoms with Crippen LogP contribution in [0.5, 0.6) is 0 Å². The zero-order valence-corrected chi connectivity index (χ0v) is 17.6. The summed E-state index contributed by atoms with van der Waals surface area (Å²) in [5.41, 5.74) is 6.06. The van der Waals surface area contributed by atoms with E-state index in [0.717, 1.165) is 29.9 Å². The molecule has 1 aromatic heterocycles. The molecule has 1 aliphatic rings. The maximum absolute atomic E-state index is 11.9. The minimum atomic E-state index is -0.406. The van der Waals surface area contributed by atoms with Crippen molar-refractivity contribution in [1.29, 1.82) is 0 Å². The van der Waals surface area contributed by atoms with E-state index in [1.54, 1.807) is 18.2 Å². The molecule has 1 fully saturated rings. The maximum atomic E-state index is 11.9. The van der Waals surface area contributed by atoms with E-state index in [0.29, 0.717) is 18.7 Å². The predicted octanol–water partition coefficient (Wildman–Crippen LogP) is 2.26. The van der Waals surface area contributed by atoms with Gasteiger partial charge < -0.3 is 9.32 Å². The number of carbonyl (C=O) groups excluding carboxylic acids is 2. The Kier molecular flexibility index (Phi) is 7.49. The van der Waals surface area contributed by atoms with Gasteiger partial charge in [0.15, 0.2) is 3.77 Å². The van der Waals surface area contributed by atoms with Crippen LogP contribution in [0.2, 0.25) is 0 Å². The predicted molar refractivity (Wildman–Crippen MR) is 116 cm³/mol. The van der Waals surface area contributed by atoms with Crippen LogP contribution in [0.4, 0.5) is 5.69 Å². The Morgan fingerprint density at radius 1 is 1.04 bits per heavy atom. The molecule has 2 heterocycles. The van der Waals surface area contributed by atoms with Crippen molar-refractivity contribution >= 4 is 46.2 Å². The molecular formula is C20H23IN4O3. The highest BCUT2D eigenvalue weighted by Gasteiger charge is 2.17. The van der Waals surface area contributed by atoms with E-state index in [1.807, 2.05) is 40.8 Å². The fraction of sp³-hybridized carbons (Fsp3) is 0.300. The molecule has 1 aromatic carbocycles. The van der Waals surface area contributed by atoms with E-state index >= 15 is 0 Å². The molecule has 28 heavy (non-hydrogen) atoms. The molecule has 0 unspecified atom stereocenters. The van der Waals surface area contributed by atoms with Gasteiger partial charge in [0.05, 0.1) is 0 Å². The summed E-state index contributed by atoms with van der Waals surface area (Å²) in [5, 5.41) is 0. The van der Waals surface area contributed by atoms with Crippen LogP contribution >= 0.6 is 22.6 Å². The van der Waals surface area contributed by atoms with Crippen molar-refractivity contribution in [2.24, 2.45) is 0 Å². The Labute approximate surface area is 177 Å². The van der Waals surface area contributed by atoms with Crippen LogP contribution < -0.4 is 15.8 Å². The van der Waals surface area contributed by atoms with Crippen molar-refractivity contribution in [3.05, 3.63) is 58.1 Å². The summed E-state index contributed by atoms with van der Waals surface area (Å²) in [7, 11) is 0. The van der Waals surface area contributed by atoms with Gasteiger partial charge in [-0.3, -0.25) is 25.3 Å². The molecule has 1 aliphatic heterocycles. The Morgan fingerprint density at radius 2 is 1.79 bits per heavy atom. The van der Waals surface area contributed by atoms with Crippen molar-refractivity contribution in [3.63, 3.8) is 0 Å². The monoisotopic (exact) mass is 494 g/mol. The highest BCUT2D eigenvalue weighted by Crippen LogP contribution is 2.15. The number of hydrazine groups is 1.